The minimum absolute atomic E-state index is 0.0251. The number of pyridine rings is 1. The summed E-state index contributed by atoms with van der Waals surface area (Å²) in [4.78, 5) is 38.1. The molecule has 2 aromatic heterocycles. The van der Waals surface area contributed by atoms with Crippen molar-refractivity contribution in [3.05, 3.63) is 46.0 Å². The molecular formula is C18H22N4O2. The van der Waals surface area contributed by atoms with Crippen LogP contribution < -0.4 is 5.56 Å². The van der Waals surface area contributed by atoms with Gasteiger partial charge in [0.2, 0.25) is 5.91 Å². The van der Waals surface area contributed by atoms with Gasteiger partial charge >= 0.3 is 0 Å². The number of nitrogens with one attached hydrogen (secondary N) is 1. The number of amides is 1. The summed E-state index contributed by atoms with van der Waals surface area (Å²) >= 11 is 0. The van der Waals surface area contributed by atoms with Crippen LogP contribution >= 0.6 is 0 Å². The third-order valence-electron chi connectivity index (χ3n) is 4.72. The molecule has 0 atom stereocenters. The van der Waals surface area contributed by atoms with Gasteiger partial charge in [0.1, 0.15) is 5.69 Å². The van der Waals surface area contributed by atoms with Crippen LogP contribution in [0.15, 0.2) is 29.2 Å². The Morgan fingerprint density at radius 3 is 2.71 bits per heavy atom. The van der Waals surface area contributed by atoms with E-state index in [9.17, 15) is 9.59 Å². The lowest BCUT2D eigenvalue weighted by atomic mass is 10.1. The van der Waals surface area contributed by atoms with E-state index in [4.69, 9.17) is 0 Å². The number of aromatic amines is 1. The van der Waals surface area contributed by atoms with Crippen LogP contribution in [0.4, 0.5) is 0 Å². The third-order valence-corrected chi connectivity index (χ3v) is 4.72. The van der Waals surface area contributed by atoms with E-state index in [-0.39, 0.29) is 17.9 Å². The molecule has 1 N–H and O–H groups in total. The maximum Gasteiger partial charge on any atom is 0.255 e. The molecule has 1 saturated carbocycles. The Kier molecular flexibility index (Phi) is 4.74. The smallest absolute Gasteiger partial charge is 0.255 e. The zero-order chi connectivity index (χ0) is 17.1. The normalized spacial score (nSPS) is 14.8. The van der Waals surface area contributed by atoms with Crippen LogP contribution in [0.25, 0.3) is 11.5 Å². The molecule has 0 bridgehead atoms. The topological polar surface area (TPSA) is 79.0 Å². The molecule has 0 radical (unpaired) electrons. The molecule has 0 aromatic carbocycles. The molecule has 126 valence electrons. The van der Waals surface area contributed by atoms with Crippen molar-refractivity contribution < 1.29 is 4.79 Å². The first-order valence-corrected chi connectivity index (χ1v) is 8.33. The molecule has 0 unspecified atom stereocenters. The SMILES string of the molecule is Cc1nc(-c2ccccn2)[nH]c(=O)c1CC(=O)N(C)C1CCCC1. The lowest BCUT2D eigenvalue weighted by Crippen LogP contribution is -2.37. The molecule has 2 heterocycles. The highest BCUT2D eigenvalue weighted by molar-refractivity contribution is 5.79. The van der Waals surface area contributed by atoms with Gasteiger partial charge in [0, 0.05) is 30.5 Å². The molecule has 1 aliphatic rings. The van der Waals surface area contributed by atoms with Gasteiger partial charge in [0.05, 0.1) is 6.42 Å². The van der Waals surface area contributed by atoms with Gasteiger partial charge in [-0.3, -0.25) is 14.6 Å². The Labute approximate surface area is 141 Å². The standard InChI is InChI=1S/C18H22N4O2/c1-12-14(11-16(23)22(2)13-7-3-4-8-13)18(24)21-17(20-12)15-9-5-6-10-19-15/h5-6,9-10,13H,3-4,7-8,11H2,1-2H3,(H,20,21,24). The van der Waals surface area contributed by atoms with Crippen LogP contribution in [-0.2, 0) is 11.2 Å². The summed E-state index contributed by atoms with van der Waals surface area (Å²) in [6.45, 7) is 1.76. The number of carbonyl (C=O) groups is 1. The van der Waals surface area contributed by atoms with Gasteiger partial charge in [-0.2, -0.15) is 0 Å². The number of hydrogen-bond acceptors (Lipinski definition) is 4. The molecule has 2 aromatic rings. The number of hydrogen-bond donors (Lipinski definition) is 1. The van der Waals surface area contributed by atoms with Gasteiger partial charge in [-0.1, -0.05) is 18.9 Å². The van der Waals surface area contributed by atoms with Crippen molar-refractivity contribution in [3.8, 4) is 11.5 Å². The maximum atomic E-state index is 12.5. The summed E-state index contributed by atoms with van der Waals surface area (Å²) in [7, 11) is 1.83. The first kappa shape index (κ1) is 16.4. The van der Waals surface area contributed by atoms with Crippen molar-refractivity contribution in [2.24, 2.45) is 0 Å². The van der Waals surface area contributed by atoms with E-state index in [0.29, 0.717) is 28.8 Å². The highest BCUT2D eigenvalue weighted by atomic mass is 16.2. The number of aryl methyl sites for hydroxylation is 1. The second kappa shape index (κ2) is 6.95. The highest BCUT2D eigenvalue weighted by Crippen LogP contribution is 2.23. The Morgan fingerprint density at radius 1 is 1.33 bits per heavy atom. The van der Waals surface area contributed by atoms with Crippen LogP contribution in [0, 0.1) is 6.92 Å². The molecule has 0 aliphatic heterocycles. The van der Waals surface area contributed by atoms with Gasteiger partial charge in [0.15, 0.2) is 5.82 Å². The number of rotatable bonds is 4. The van der Waals surface area contributed by atoms with E-state index in [1.165, 1.54) is 12.8 Å². The maximum absolute atomic E-state index is 12.5. The predicted octanol–water partition coefficient (Wildman–Crippen LogP) is 2.08. The molecule has 0 saturated heterocycles. The molecule has 3 rings (SSSR count). The molecule has 6 heteroatoms. The first-order valence-electron chi connectivity index (χ1n) is 8.33. The van der Waals surface area contributed by atoms with E-state index in [2.05, 4.69) is 15.0 Å². The van der Waals surface area contributed by atoms with Crippen molar-refractivity contribution in [2.45, 2.75) is 45.1 Å². The van der Waals surface area contributed by atoms with E-state index < -0.39 is 0 Å². The van der Waals surface area contributed by atoms with Gasteiger partial charge in [0.25, 0.3) is 5.56 Å². The molecule has 1 aliphatic carbocycles. The number of nitrogens with zero attached hydrogens (tertiary/aromatic N) is 3. The number of H-pyrrole nitrogens is 1. The molecule has 1 amide bonds. The molecule has 1 fully saturated rings. The van der Waals surface area contributed by atoms with Gasteiger partial charge < -0.3 is 9.88 Å². The lowest BCUT2D eigenvalue weighted by Gasteiger charge is -2.24. The Hall–Kier alpha value is -2.50. The Balaban J connectivity index is 1.81. The van der Waals surface area contributed by atoms with Gasteiger partial charge in [-0.05, 0) is 31.9 Å². The number of carbonyl (C=O) groups excluding carboxylic acids is 1. The summed E-state index contributed by atoms with van der Waals surface area (Å²) in [5.41, 5.74) is 1.35. The summed E-state index contributed by atoms with van der Waals surface area (Å²) in [5.74, 6) is 0.404. The zero-order valence-corrected chi connectivity index (χ0v) is 14.1. The lowest BCUT2D eigenvalue weighted by molar-refractivity contribution is -0.131. The summed E-state index contributed by atoms with van der Waals surface area (Å²) in [5, 5.41) is 0. The fourth-order valence-electron chi connectivity index (χ4n) is 3.21. The molecule has 24 heavy (non-hydrogen) atoms. The molecule has 0 spiro atoms. The van der Waals surface area contributed by atoms with Gasteiger partial charge in [-0.15, -0.1) is 0 Å². The van der Waals surface area contributed by atoms with E-state index in [1.54, 1.807) is 30.2 Å². The molecular weight excluding hydrogens is 304 g/mol. The van der Waals surface area contributed by atoms with Crippen LogP contribution in [0.5, 0.6) is 0 Å². The van der Waals surface area contributed by atoms with Crippen molar-refractivity contribution >= 4 is 5.91 Å². The van der Waals surface area contributed by atoms with Crippen molar-refractivity contribution in [2.75, 3.05) is 7.05 Å². The second-order valence-electron chi connectivity index (χ2n) is 6.31. The minimum Gasteiger partial charge on any atom is -0.342 e. The molecule has 6 nitrogen and oxygen atoms in total. The highest BCUT2D eigenvalue weighted by Gasteiger charge is 2.24. The first-order chi connectivity index (χ1) is 11.6. The predicted molar refractivity (Wildman–Crippen MR) is 91.6 cm³/mol. The second-order valence-corrected chi connectivity index (χ2v) is 6.31. The van der Waals surface area contributed by atoms with E-state index in [0.717, 1.165) is 12.8 Å². The van der Waals surface area contributed by atoms with Crippen LogP contribution in [0.2, 0.25) is 0 Å². The fraction of sp³-hybridized carbons (Fsp3) is 0.444. The summed E-state index contributed by atoms with van der Waals surface area (Å²) in [6, 6.07) is 5.74. The van der Waals surface area contributed by atoms with Gasteiger partial charge in [-0.25, -0.2) is 4.98 Å². The largest absolute Gasteiger partial charge is 0.342 e. The van der Waals surface area contributed by atoms with E-state index in [1.807, 2.05) is 13.1 Å². The van der Waals surface area contributed by atoms with Crippen molar-refractivity contribution in [3.63, 3.8) is 0 Å². The summed E-state index contributed by atoms with van der Waals surface area (Å²) < 4.78 is 0. The van der Waals surface area contributed by atoms with E-state index >= 15 is 0 Å². The number of likely N-dealkylation sites (N-methyl/N-ethyl adjacent to an activating group) is 1. The van der Waals surface area contributed by atoms with Crippen LogP contribution in [-0.4, -0.2) is 38.8 Å². The zero-order valence-electron chi connectivity index (χ0n) is 14.1. The quantitative estimate of drug-likeness (QED) is 0.933. The third kappa shape index (κ3) is 3.37. The van der Waals surface area contributed by atoms with Crippen LogP contribution in [0.1, 0.15) is 36.9 Å². The average molecular weight is 326 g/mol. The monoisotopic (exact) mass is 326 g/mol. The Bertz CT molecular complexity index is 779. The average Bonchev–Trinajstić information content (AvgIpc) is 3.12. The van der Waals surface area contributed by atoms with Crippen molar-refractivity contribution in [1.29, 1.82) is 0 Å². The number of aromatic nitrogens is 3. The Morgan fingerprint density at radius 2 is 2.08 bits per heavy atom. The van der Waals surface area contributed by atoms with Crippen molar-refractivity contribution in [1.82, 2.24) is 19.9 Å². The summed E-state index contributed by atoms with van der Waals surface area (Å²) in [6.07, 6.45) is 6.18. The fourth-order valence-corrected chi connectivity index (χ4v) is 3.21. The minimum atomic E-state index is -0.267. The van der Waals surface area contributed by atoms with Crippen LogP contribution in [0.3, 0.4) is 0 Å².